The Balaban J connectivity index is 0. The van der Waals surface area contributed by atoms with E-state index in [9.17, 15) is 4.79 Å². The fourth-order valence-corrected chi connectivity index (χ4v) is 10.3. The van der Waals surface area contributed by atoms with Crippen LogP contribution in [0.4, 0.5) is 0 Å². The zero-order valence-electron chi connectivity index (χ0n) is 46.6. The number of allylic oxidation sites excluding steroid dienone is 1. The Kier molecular flexibility index (Phi) is 62.8. The number of hydrogen-bond acceptors (Lipinski definition) is 2. The van der Waals surface area contributed by atoms with E-state index in [2.05, 4.69) is 46.7 Å². The topological polar surface area (TPSA) is 20.3 Å². The Morgan fingerprint density at radius 2 is 0.492 bits per heavy atom. The molecule has 0 heterocycles. The standard InChI is InChI=1S/C55H108O.C8H19N/c1-4-7-10-13-16-19-20-21-22-23-24-25-27-30-35-42-49-55(52-45-38-39-46-53-56)51-44-37-32-31-36-43-50-54(47-40-33-28-18-15-12-9-6-3)48-41-34-29-26-17-14-11-8-5-2;1-4-5-6-7-8-9(2)3/h46,54-55H,4-45,47-52H2,1-3H3;4-8H2,1-3H3. The predicted octanol–water partition coefficient (Wildman–Crippen LogP) is 22.5. The lowest BCUT2D eigenvalue weighted by Crippen LogP contribution is -2.12. The normalized spacial score (nSPS) is 12.4. The highest BCUT2D eigenvalue weighted by molar-refractivity contribution is 5.44. The Bertz CT molecular complexity index is 861. The van der Waals surface area contributed by atoms with Gasteiger partial charge >= 0.3 is 0 Å². The number of hydrogen-bond donors (Lipinski definition) is 0. The first-order valence-corrected chi connectivity index (χ1v) is 30.9. The molecule has 0 saturated carbocycles. The molecule has 2 unspecified atom stereocenters. The summed E-state index contributed by atoms with van der Waals surface area (Å²) in [7, 11) is 4.26. The summed E-state index contributed by atoms with van der Waals surface area (Å²) in [6.45, 7) is 10.5. The SMILES string of the molecule is CCCCCCCCCCCCCCCCCCC(CCCCC=C=O)CCCCCCCCC(CCCCCCCCCC)CCCCCCCCCCC.CCCCCCN(C)C. The molecular weight excluding hydrogens is 787 g/mol. The molecule has 0 aromatic heterocycles. The minimum absolute atomic E-state index is 0.917. The van der Waals surface area contributed by atoms with E-state index in [1.807, 2.05) is 5.94 Å². The largest absolute Gasteiger partial charge is 0.309 e. The summed E-state index contributed by atoms with van der Waals surface area (Å²) in [5.41, 5.74) is 0. The predicted molar refractivity (Wildman–Crippen MR) is 299 cm³/mol. The van der Waals surface area contributed by atoms with Crippen LogP contribution >= 0.6 is 0 Å². The minimum Gasteiger partial charge on any atom is -0.309 e. The zero-order valence-corrected chi connectivity index (χ0v) is 46.6. The zero-order chi connectivity index (χ0) is 47.6. The van der Waals surface area contributed by atoms with Gasteiger partial charge in [0.15, 0.2) is 0 Å². The van der Waals surface area contributed by atoms with Gasteiger partial charge in [0.05, 0.1) is 0 Å². The monoisotopic (exact) mass is 914 g/mol. The second-order valence-corrected chi connectivity index (χ2v) is 21.9. The van der Waals surface area contributed by atoms with E-state index in [-0.39, 0.29) is 0 Å². The third-order valence-corrected chi connectivity index (χ3v) is 14.9. The highest BCUT2D eigenvalue weighted by atomic mass is 16.1. The molecule has 0 aliphatic carbocycles. The average Bonchev–Trinajstić information content (AvgIpc) is 3.30. The van der Waals surface area contributed by atoms with Gasteiger partial charge in [0.25, 0.3) is 0 Å². The van der Waals surface area contributed by atoms with E-state index in [1.165, 1.54) is 334 Å². The van der Waals surface area contributed by atoms with E-state index < -0.39 is 0 Å². The van der Waals surface area contributed by atoms with Gasteiger partial charge in [-0.2, -0.15) is 0 Å². The van der Waals surface area contributed by atoms with Crippen LogP contribution in [0.1, 0.15) is 362 Å². The summed E-state index contributed by atoms with van der Waals surface area (Å²) in [5.74, 6) is 3.90. The van der Waals surface area contributed by atoms with Crippen LogP contribution in [0, 0.1) is 11.8 Å². The molecule has 0 saturated heterocycles. The Morgan fingerprint density at radius 3 is 0.708 bits per heavy atom. The smallest absolute Gasteiger partial charge is 0.120 e. The third kappa shape index (κ3) is 61.4. The molecule has 390 valence electrons. The summed E-state index contributed by atoms with van der Waals surface area (Å²) in [4.78, 5) is 12.8. The minimum atomic E-state index is 0.917. The average molecular weight is 915 g/mol. The maximum atomic E-state index is 10.6. The molecule has 0 aromatic rings. The first-order valence-electron chi connectivity index (χ1n) is 30.9. The molecule has 65 heavy (non-hydrogen) atoms. The van der Waals surface area contributed by atoms with Crippen LogP contribution in [0.3, 0.4) is 0 Å². The van der Waals surface area contributed by atoms with E-state index in [0.29, 0.717) is 0 Å². The van der Waals surface area contributed by atoms with Crippen molar-refractivity contribution in [3.05, 3.63) is 6.08 Å². The molecule has 2 nitrogen and oxygen atoms in total. The van der Waals surface area contributed by atoms with E-state index in [1.54, 1.807) is 6.08 Å². The molecule has 2 heteroatoms. The van der Waals surface area contributed by atoms with Crippen LogP contribution in [0.25, 0.3) is 0 Å². The molecule has 0 spiro atoms. The summed E-state index contributed by atoms with van der Waals surface area (Å²) in [5, 5.41) is 0. The van der Waals surface area contributed by atoms with Gasteiger partial charge in [0.2, 0.25) is 0 Å². The second kappa shape index (κ2) is 61.4. The lowest BCUT2D eigenvalue weighted by molar-refractivity contribution is 0.359. The number of carbonyl (C=O) groups excluding carboxylic acids is 1. The van der Waals surface area contributed by atoms with Crippen molar-refractivity contribution in [1.82, 2.24) is 4.90 Å². The summed E-state index contributed by atoms with van der Waals surface area (Å²) in [6.07, 6.45) is 76.2. The van der Waals surface area contributed by atoms with E-state index >= 15 is 0 Å². The second-order valence-electron chi connectivity index (χ2n) is 21.9. The first-order chi connectivity index (χ1) is 32.0. The third-order valence-electron chi connectivity index (χ3n) is 14.9. The molecule has 0 aromatic carbocycles. The van der Waals surface area contributed by atoms with Crippen LogP contribution in [-0.4, -0.2) is 31.5 Å². The van der Waals surface area contributed by atoms with Crippen molar-refractivity contribution in [2.45, 2.75) is 362 Å². The fourth-order valence-electron chi connectivity index (χ4n) is 10.3. The summed E-state index contributed by atoms with van der Waals surface area (Å²) < 4.78 is 0. The molecule has 0 bridgehead atoms. The van der Waals surface area contributed by atoms with E-state index in [0.717, 1.165) is 18.3 Å². The lowest BCUT2D eigenvalue weighted by atomic mass is 9.88. The van der Waals surface area contributed by atoms with Crippen LogP contribution in [0.15, 0.2) is 6.08 Å². The number of unbranched alkanes of at least 4 members (excludes halogenated alkanes) is 40. The van der Waals surface area contributed by atoms with Crippen molar-refractivity contribution in [1.29, 1.82) is 0 Å². The molecule has 0 fully saturated rings. The Hall–Kier alpha value is -0.590. The Labute approximate surface area is 414 Å². The molecule has 0 N–H and O–H groups in total. The van der Waals surface area contributed by atoms with E-state index in [4.69, 9.17) is 0 Å². The highest BCUT2D eigenvalue weighted by Crippen LogP contribution is 2.27. The van der Waals surface area contributed by atoms with Crippen molar-refractivity contribution in [2.75, 3.05) is 20.6 Å². The van der Waals surface area contributed by atoms with Gasteiger partial charge in [-0.25, -0.2) is 4.79 Å². The molecule has 0 radical (unpaired) electrons. The molecule has 0 rings (SSSR count). The fraction of sp³-hybridized carbons (Fsp3) is 0.968. The summed E-state index contributed by atoms with van der Waals surface area (Å²) in [6, 6.07) is 0. The van der Waals surface area contributed by atoms with Gasteiger partial charge in [0, 0.05) is 0 Å². The van der Waals surface area contributed by atoms with Crippen molar-refractivity contribution in [3.8, 4) is 0 Å². The quantitative estimate of drug-likeness (QED) is 0.0448. The van der Waals surface area contributed by atoms with Gasteiger partial charge in [-0.1, -0.05) is 342 Å². The Morgan fingerprint density at radius 1 is 0.292 bits per heavy atom. The molecule has 0 aliphatic rings. The lowest BCUT2D eigenvalue weighted by Gasteiger charge is -2.18. The summed E-state index contributed by atoms with van der Waals surface area (Å²) >= 11 is 0. The van der Waals surface area contributed by atoms with Gasteiger partial charge in [0.1, 0.15) is 5.94 Å². The van der Waals surface area contributed by atoms with Gasteiger partial charge in [-0.3, -0.25) is 0 Å². The molecule has 2 atom stereocenters. The van der Waals surface area contributed by atoms with Crippen LogP contribution in [-0.2, 0) is 4.79 Å². The number of rotatable bonds is 55. The molecule has 0 aliphatic heterocycles. The highest BCUT2D eigenvalue weighted by Gasteiger charge is 2.11. The maximum absolute atomic E-state index is 10.6. The van der Waals surface area contributed by atoms with Crippen molar-refractivity contribution in [3.63, 3.8) is 0 Å². The maximum Gasteiger partial charge on any atom is 0.120 e. The first kappa shape index (κ1) is 66.5. The molecule has 0 amide bonds. The van der Waals surface area contributed by atoms with Crippen LogP contribution in [0.2, 0.25) is 0 Å². The van der Waals surface area contributed by atoms with Crippen molar-refractivity contribution < 1.29 is 4.79 Å². The van der Waals surface area contributed by atoms with Gasteiger partial charge in [-0.15, -0.1) is 0 Å². The van der Waals surface area contributed by atoms with Crippen LogP contribution < -0.4 is 0 Å². The van der Waals surface area contributed by atoms with Crippen molar-refractivity contribution in [2.24, 2.45) is 11.8 Å². The van der Waals surface area contributed by atoms with Gasteiger partial charge in [-0.05, 0) is 57.8 Å². The van der Waals surface area contributed by atoms with Crippen molar-refractivity contribution >= 4 is 5.94 Å². The molecular formula is C63H127NO. The number of nitrogens with zero attached hydrogens (tertiary/aromatic N) is 1. The van der Waals surface area contributed by atoms with Crippen LogP contribution in [0.5, 0.6) is 0 Å². The van der Waals surface area contributed by atoms with Gasteiger partial charge < -0.3 is 4.90 Å².